The zero-order valence-electron chi connectivity index (χ0n) is 10.4. The lowest BCUT2D eigenvalue weighted by Crippen LogP contribution is -2.34. The Labute approximate surface area is 118 Å². The first-order valence-corrected chi connectivity index (χ1v) is 6.73. The third-order valence-corrected chi connectivity index (χ3v) is 3.22. The Bertz CT molecular complexity index is 694. The summed E-state index contributed by atoms with van der Waals surface area (Å²) in [5, 5.41) is 1.24. The largest absolute Gasteiger partial charge is 0.384 e. The molecule has 2 rings (SSSR count). The lowest BCUT2D eigenvalue weighted by atomic mass is 10.2. The summed E-state index contributed by atoms with van der Waals surface area (Å²) in [5.74, 6) is -0.0205. The van der Waals surface area contributed by atoms with Crippen molar-refractivity contribution in [3.63, 3.8) is 0 Å². The summed E-state index contributed by atoms with van der Waals surface area (Å²) in [4.78, 5) is 23.8. The number of hydrogen-bond donors (Lipinski definition) is 2. The normalized spacial score (nSPS) is 10.6. The zero-order valence-corrected chi connectivity index (χ0v) is 12.0. The van der Waals surface area contributed by atoms with Crippen LogP contribution in [0.1, 0.15) is 19.8 Å². The Morgan fingerprint density at radius 1 is 1.42 bits per heavy atom. The average molecular weight is 324 g/mol. The number of nitrogens with one attached hydrogen (secondary N) is 1. The van der Waals surface area contributed by atoms with Gasteiger partial charge in [0, 0.05) is 16.3 Å². The van der Waals surface area contributed by atoms with Gasteiger partial charge in [0.1, 0.15) is 5.82 Å². The van der Waals surface area contributed by atoms with Crippen LogP contribution in [0.4, 0.5) is 5.82 Å². The molecular formula is C13H14BrN3O2. The van der Waals surface area contributed by atoms with Crippen LogP contribution in [0.15, 0.2) is 33.5 Å². The number of benzene rings is 1. The minimum absolute atomic E-state index is 0.208. The highest BCUT2D eigenvalue weighted by molar-refractivity contribution is 9.10. The predicted molar refractivity (Wildman–Crippen MR) is 79.6 cm³/mol. The molecule has 0 spiro atoms. The fourth-order valence-electron chi connectivity index (χ4n) is 1.83. The number of nitrogen functional groups attached to an aromatic ring is 1. The molecule has 0 unspecified atom stereocenters. The van der Waals surface area contributed by atoms with E-state index in [1.54, 1.807) is 18.2 Å². The van der Waals surface area contributed by atoms with Gasteiger partial charge in [-0.1, -0.05) is 22.9 Å². The van der Waals surface area contributed by atoms with Gasteiger partial charge >= 0.3 is 0 Å². The molecule has 0 aliphatic rings. The first-order chi connectivity index (χ1) is 9.02. The monoisotopic (exact) mass is 323 g/mol. The molecule has 0 saturated heterocycles. The minimum Gasteiger partial charge on any atom is -0.384 e. The summed E-state index contributed by atoms with van der Waals surface area (Å²) in [6.07, 6.45) is 1.06. The molecule has 1 heterocycles. The van der Waals surface area contributed by atoms with Crippen LogP contribution < -0.4 is 16.7 Å². The number of carbonyl (C=O) groups excluding carboxylic acids is 1. The van der Waals surface area contributed by atoms with E-state index >= 15 is 0 Å². The quantitative estimate of drug-likeness (QED) is 0.909. The van der Waals surface area contributed by atoms with Gasteiger partial charge < -0.3 is 5.73 Å². The highest BCUT2D eigenvalue weighted by Gasteiger charge is 2.09. The van der Waals surface area contributed by atoms with Crippen LogP contribution in [0.3, 0.4) is 0 Å². The van der Waals surface area contributed by atoms with Gasteiger partial charge in [-0.05, 0) is 36.1 Å². The molecule has 0 saturated carbocycles. The topological polar surface area (TPSA) is 77.1 Å². The Kier molecular flexibility index (Phi) is 3.90. The maximum atomic E-state index is 12.3. The first-order valence-electron chi connectivity index (χ1n) is 5.93. The molecule has 19 heavy (non-hydrogen) atoms. The summed E-state index contributed by atoms with van der Waals surface area (Å²) < 4.78 is 1.96. The average Bonchev–Trinajstić information content (AvgIpc) is 2.34. The number of nitrogens with zero attached hydrogens (tertiary/aromatic N) is 1. The summed E-state index contributed by atoms with van der Waals surface area (Å²) in [7, 11) is 0. The van der Waals surface area contributed by atoms with E-state index in [1.165, 1.54) is 0 Å². The maximum absolute atomic E-state index is 12.3. The van der Waals surface area contributed by atoms with Crippen molar-refractivity contribution in [3.05, 3.63) is 39.1 Å². The molecule has 100 valence electrons. The summed E-state index contributed by atoms with van der Waals surface area (Å²) in [6, 6.07) is 6.95. The molecule has 1 amide bonds. The van der Waals surface area contributed by atoms with Crippen LogP contribution in [-0.2, 0) is 4.79 Å². The molecule has 1 aromatic heterocycles. The standard InChI is InChI=1S/C13H14BrN3O2/c1-2-3-12(18)16-17-11(15)7-8-6-9(14)4-5-10(8)13(17)19/h4-7H,2-3,15H2,1H3,(H,16,18). The number of fused-ring (bicyclic) bond motifs is 1. The van der Waals surface area contributed by atoms with Gasteiger partial charge in [0.15, 0.2) is 0 Å². The zero-order chi connectivity index (χ0) is 14.0. The molecule has 0 fully saturated rings. The van der Waals surface area contributed by atoms with Crippen molar-refractivity contribution in [1.29, 1.82) is 0 Å². The van der Waals surface area contributed by atoms with E-state index in [4.69, 9.17) is 5.73 Å². The van der Waals surface area contributed by atoms with Crippen molar-refractivity contribution < 1.29 is 4.79 Å². The fraction of sp³-hybridized carbons (Fsp3) is 0.231. The summed E-state index contributed by atoms with van der Waals surface area (Å²) >= 11 is 3.34. The highest BCUT2D eigenvalue weighted by atomic mass is 79.9. The molecule has 5 nitrogen and oxygen atoms in total. The van der Waals surface area contributed by atoms with Crippen LogP contribution in [0.2, 0.25) is 0 Å². The summed E-state index contributed by atoms with van der Waals surface area (Å²) in [6.45, 7) is 1.89. The van der Waals surface area contributed by atoms with E-state index < -0.39 is 0 Å². The number of rotatable bonds is 3. The van der Waals surface area contributed by atoms with Gasteiger partial charge in [-0.3, -0.25) is 15.0 Å². The third-order valence-electron chi connectivity index (χ3n) is 2.72. The van der Waals surface area contributed by atoms with Crippen LogP contribution in [0, 0.1) is 0 Å². The molecule has 0 radical (unpaired) electrons. The molecular weight excluding hydrogens is 310 g/mol. The van der Waals surface area contributed by atoms with Crippen LogP contribution >= 0.6 is 15.9 Å². The number of aromatic nitrogens is 1. The van der Waals surface area contributed by atoms with E-state index in [9.17, 15) is 9.59 Å². The number of anilines is 1. The lowest BCUT2D eigenvalue weighted by molar-refractivity contribution is -0.117. The second-order valence-electron chi connectivity index (χ2n) is 4.23. The van der Waals surface area contributed by atoms with Crippen molar-refractivity contribution in [2.45, 2.75) is 19.8 Å². The number of halogens is 1. The third kappa shape index (κ3) is 2.78. The molecule has 1 aromatic carbocycles. The van der Waals surface area contributed by atoms with E-state index in [0.29, 0.717) is 18.2 Å². The first kappa shape index (κ1) is 13.6. The van der Waals surface area contributed by atoms with Gasteiger partial charge in [-0.25, -0.2) is 4.68 Å². The van der Waals surface area contributed by atoms with Gasteiger partial charge in [-0.2, -0.15) is 0 Å². The van der Waals surface area contributed by atoms with Crippen molar-refractivity contribution in [1.82, 2.24) is 4.68 Å². The Morgan fingerprint density at radius 3 is 2.84 bits per heavy atom. The van der Waals surface area contributed by atoms with E-state index in [-0.39, 0.29) is 17.3 Å². The molecule has 0 atom stereocenters. The molecule has 0 aliphatic carbocycles. The van der Waals surface area contributed by atoms with Gasteiger partial charge in [0.25, 0.3) is 5.56 Å². The van der Waals surface area contributed by atoms with Crippen molar-refractivity contribution >= 4 is 38.4 Å². The van der Waals surface area contributed by atoms with Crippen molar-refractivity contribution in [2.75, 3.05) is 11.2 Å². The van der Waals surface area contributed by atoms with Gasteiger partial charge in [0.2, 0.25) is 5.91 Å². The number of hydrogen-bond acceptors (Lipinski definition) is 3. The summed E-state index contributed by atoms with van der Waals surface area (Å²) in [5.41, 5.74) is 8.00. The lowest BCUT2D eigenvalue weighted by Gasteiger charge is -2.12. The van der Waals surface area contributed by atoms with Crippen LogP contribution in [0.25, 0.3) is 10.8 Å². The molecule has 0 aliphatic heterocycles. The van der Waals surface area contributed by atoms with Crippen LogP contribution in [-0.4, -0.2) is 10.6 Å². The Balaban J connectivity index is 2.54. The fourth-order valence-corrected chi connectivity index (χ4v) is 2.21. The molecule has 6 heteroatoms. The smallest absolute Gasteiger partial charge is 0.278 e. The molecule has 2 aromatic rings. The molecule has 0 bridgehead atoms. The van der Waals surface area contributed by atoms with Crippen LogP contribution in [0.5, 0.6) is 0 Å². The highest BCUT2D eigenvalue weighted by Crippen LogP contribution is 2.18. The molecule has 3 N–H and O–H groups in total. The number of pyridine rings is 1. The van der Waals surface area contributed by atoms with E-state index in [2.05, 4.69) is 21.4 Å². The predicted octanol–water partition coefficient (Wildman–Crippen LogP) is 2.22. The van der Waals surface area contributed by atoms with E-state index in [1.807, 2.05) is 13.0 Å². The number of carbonyl (C=O) groups is 1. The number of amides is 1. The van der Waals surface area contributed by atoms with Gasteiger partial charge in [-0.15, -0.1) is 0 Å². The Morgan fingerprint density at radius 2 is 2.16 bits per heavy atom. The number of nitrogens with two attached hydrogens (primary N) is 1. The Hall–Kier alpha value is -1.82. The second-order valence-corrected chi connectivity index (χ2v) is 5.14. The van der Waals surface area contributed by atoms with Gasteiger partial charge in [0.05, 0.1) is 0 Å². The SMILES string of the molecule is CCCC(=O)Nn1c(N)cc2cc(Br)ccc2c1=O. The van der Waals surface area contributed by atoms with Crippen molar-refractivity contribution in [3.8, 4) is 0 Å². The van der Waals surface area contributed by atoms with E-state index in [0.717, 1.165) is 14.5 Å². The maximum Gasteiger partial charge on any atom is 0.278 e. The minimum atomic E-state index is -0.327. The van der Waals surface area contributed by atoms with Crippen molar-refractivity contribution in [2.24, 2.45) is 0 Å². The second kappa shape index (κ2) is 5.44.